The summed E-state index contributed by atoms with van der Waals surface area (Å²) in [4.78, 5) is 13.2. The highest BCUT2D eigenvalue weighted by molar-refractivity contribution is 8.00. The monoisotopic (exact) mass is 347 g/mol. The Morgan fingerprint density at radius 1 is 1.33 bits per heavy atom. The number of hydrogen-bond donors (Lipinski definition) is 1. The molecule has 0 aromatic heterocycles. The van der Waals surface area contributed by atoms with Gasteiger partial charge in [-0.25, -0.2) is 4.39 Å². The van der Waals surface area contributed by atoms with E-state index in [0.29, 0.717) is 32.5 Å². The summed E-state index contributed by atoms with van der Waals surface area (Å²) >= 11 is 1.68. The zero-order valence-corrected chi connectivity index (χ0v) is 14.6. The molecule has 1 atom stereocenters. The Labute approximate surface area is 146 Å². The van der Waals surface area contributed by atoms with Crippen LogP contribution in [0.2, 0.25) is 0 Å². The number of halogens is 1. The Hall–Kier alpha value is -1.59. The van der Waals surface area contributed by atoms with Gasteiger partial charge in [0, 0.05) is 22.9 Å². The second-order valence-corrected chi connectivity index (χ2v) is 8.24. The lowest BCUT2D eigenvalue weighted by molar-refractivity contribution is -0.127. The van der Waals surface area contributed by atoms with Gasteiger partial charge in [0.05, 0.1) is 5.41 Å². The maximum absolute atomic E-state index is 13.2. The van der Waals surface area contributed by atoms with Crippen molar-refractivity contribution in [1.29, 1.82) is 0 Å². The molecule has 1 saturated heterocycles. The normalized spacial score (nSPS) is 26.0. The minimum atomic E-state index is -0.649. The van der Waals surface area contributed by atoms with Crippen LogP contribution in [0.15, 0.2) is 53.2 Å². The largest absolute Gasteiger partial charge is 0.381 e. The fourth-order valence-corrected chi connectivity index (χ4v) is 4.47. The Balaban J connectivity index is 1.86. The number of carbonyl (C=O) groups is 1. The van der Waals surface area contributed by atoms with Crippen molar-refractivity contribution in [2.45, 2.75) is 41.2 Å². The van der Waals surface area contributed by atoms with Gasteiger partial charge in [-0.2, -0.15) is 0 Å². The maximum Gasteiger partial charge on any atom is 0.228 e. The summed E-state index contributed by atoms with van der Waals surface area (Å²) < 4.78 is 18.4. The van der Waals surface area contributed by atoms with E-state index in [1.54, 1.807) is 17.8 Å². The minimum Gasteiger partial charge on any atom is -0.381 e. The van der Waals surface area contributed by atoms with Gasteiger partial charge in [0.25, 0.3) is 0 Å². The quantitative estimate of drug-likeness (QED) is 0.899. The van der Waals surface area contributed by atoms with Crippen molar-refractivity contribution >= 4 is 17.7 Å². The zero-order chi connectivity index (χ0) is 17.2. The molecule has 1 fully saturated rings. The number of thioether (sulfide) groups is 1. The lowest BCUT2D eigenvalue weighted by Crippen LogP contribution is -2.45. The summed E-state index contributed by atoms with van der Waals surface area (Å²) in [6.45, 7) is 3.18. The predicted octanol–water partition coefficient (Wildman–Crippen LogP) is 3.88. The number of primary amides is 1. The molecule has 0 spiro atoms. The van der Waals surface area contributed by atoms with Crippen LogP contribution in [0.1, 0.15) is 31.7 Å². The highest BCUT2D eigenvalue weighted by Gasteiger charge is 2.40. The van der Waals surface area contributed by atoms with E-state index >= 15 is 0 Å². The number of ether oxygens (including phenoxy) is 1. The van der Waals surface area contributed by atoms with E-state index in [2.05, 4.69) is 13.0 Å². The first-order valence-corrected chi connectivity index (χ1v) is 8.97. The third kappa shape index (κ3) is 3.42. The average molecular weight is 347 g/mol. The highest BCUT2D eigenvalue weighted by atomic mass is 32.2. The lowest BCUT2D eigenvalue weighted by atomic mass is 9.73. The van der Waals surface area contributed by atoms with Gasteiger partial charge < -0.3 is 10.5 Å². The molecule has 1 aromatic carbocycles. The maximum atomic E-state index is 13.2. The van der Waals surface area contributed by atoms with Crippen molar-refractivity contribution in [3.8, 4) is 0 Å². The van der Waals surface area contributed by atoms with Crippen molar-refractivity contribution < 1.29 is 13.9 Å². The molecule has 1 aliphatic heterocycles. The van der Waals surface area contributed by atoms with E-state index in [1.807, 2.05) is 24.3 Å². The first kappa shape index (κ1) is 17.2. The molecule has 0 saturated carbocycles. The number of carbonyl (C=O) groups excluding carboxylic acids is 1. The molecule has 0 radical (unpaired) electrons. The van der Waals surface area contributed by atoms with Crippen molar-refractivity contribution in [2.75, 3.05) is 13.2 Å². The summed E-state index contributed by atoms with van der Waals surface area (Å²) in [7, 11) is 0. The summed E-state index contributed by atoms with van der Waals surface area (Å²) in [6, 6.07) is 8.01. The van der Waals surface area contributed by atoms with Gasteiger partial charge in [0.1, 0.15) is 5.83 Å². The molecule has 0 bridgehead atoms. The van der Waals surface area contributed by atoms with Crippen LogP contribution in [0.4, 0.5) is 4.39 Å². The average Bonchev–Trinajstić information content (AvgIpc) is 2.58. The molecule has 1 aromatic rings. The Bertz CT molecular complexity index is 694. The molecule has 2 N–H and O–H groups in total. The van der Waals surface area contributed by atoms with E-state index in [4.69, 9.17) is 10.5 Å². The van der Waals surface area contributed by atoms with E-state index in [0.717, 1.165) is 10.5 Å². The third-order valence-corrected chi connectivity index (χ3v) is 6.11. The second-order valence-electron chi connectivity index (χ2n) is 6.63. The van der Waals surface area contributed by atoms with Crippen molar-refractivity contribution in [1.82, 2.24) is 0 Å². The smallest absolute Gasteiger partial charge is 0.228 e. The fraction of sp³-hybridized carbons (Fsp3) is 0.421. The number of rotatable bonds is 4. The number of hydrogen-bond acceptors (Lipinski definition) is 3. The molecule has 5 heteroatoms. The minimum absolute atomic E-state index is 0.184. The van der Waals surface area contributed by atoms with Crippen LogP contribution >= 0.6 is 11.8 Å². The van der Waals surface area contributed by atoms with Crippen LogP contribution in [0.3, 0.4) is 0 Å². The number of benzene rings is 1. The number of nitrogens with two attached hydrogens (primary N) is 1. The molecule has 1 aliphatic carbocycles. The van der Waals surface area contributed by atoms with Gasteiger partial charge in [0.2, 0.25) is 5.91 Å². The fourth-order valence-electron chi connectivity index (χ4n) is 3.29. The Morgan fingerprint density at radius 3 is 2.71 bits per heavy atom. The Morgan fingerprint density at radius 2 is 2.08 bits per heavy atom. The Kier molecular flexibility index (Phi) is 4.83. The van der Waals surface area contributed by atoms with Gasteiger partial charge in [-0.3, -0.25) is 4.79 Å². The highest BCUT2D eigenvalue weighted by Crippen LogP contribution is 2.42. The van der Waals surface area contributed by atoms with Crippen LogP contribution in [0.5, 0.6) is 0 Å². The summed E-state index contributed by atoms with van der Waals surface area (Å²) in [5, 5.41) is 0. The number of allylic oxidation sites excluding steroid dienone is 3. The van der Waals surface area contributed by atoms with Crippen LogP contribution < -0.4 is 5.73 Å². The summed E-state index contributed by atoms with van der Waals surface area (Å²) in [6.07, 6.45) is 6.89. The lowest BCUT2D eigenvalue weighted by Gasteiger charge is -2.35. The molecular formula is C19H22FNO2S. The first-order valence-electron chi connectivity index (χ1n) is 8.16. The summed E-state index contributed by atoms with van der Waals surface area (Å²) in [5.74, 6) is -0.474. The molecule has 3 rings (SSSR count). The van der Waals surface area contributed by atoms with Crippen molar-refractivity contribution in [3.63, 3.8) is 0 Å². The molecule has 24 heavy (non-hydrogen) atoms. The van der Waals surface area contributed by atoms with E-state index < -0.39 is 5.41 Å². The van der Waals surface area contributed by atoms with E-state index in [1.165, 1.54) is 6.08 Å². The molecule has 2 aliphatic rings. The van der Waals surface area contributed by atoms with Gasteiger partial charge in [0.15, 0.2) is 0 Å². The molecule has 128 valence electrons. The molecule has 3 nitrogen and oxygen atoms in total. The van der Waals surface area contributed by atoms with Crippen LogP contribution in [0.25, 0.3) is 0 Å². The SMILES string of the molecule is CC1(Sc2cccc(C3(C(N)=O)CCOCC3)c2)C=CC(F)=CC1. The zero-order valence-electron chi connectivity index (χ0n) is 13.8. The van der Waals surface area contributed by atoms with E-state index in [9.17, 15) is 9.18 Å². The van der Waals surface area contributed by atoms with Crippen LogP contribution in [-0.4, -0.2) is 23.9 Å². The number of amides is 1. The topological polar surface area (TPSA) is 52.3 Å². The van der Waals surface area contributed by atoms with Crippen molar-refractivity contribution in [3.05, 3.63) is 53.9 Å². The molecule has 1 heterocycles. The van der Waals surface area contributed by atoms with Crippen LogP contribution in [-0.2, 0) is 14.9 Å². The third-order valence-electron chi connectivity index (χ3n) is 4.85. The van der Waals surface area contributed by atoms with Crippen LogP contribution in [0, 0.1) is 0 Å². The molecular weight excluding hydrogens is 325 g/mol. The van der Waals surface area contributed by atoms with E-state index in [-0.39, 0.29) is 16.5 Å². The van der Waals surface area contributed by atoms with Gasteiger partial charge >= 0.3 is 0 Å². The van der Waals surface area contributed by atoms with Crippen molar-refractivity contribution in [2.24, 2.45) is 5.73 Å². The summed E-state index contributed by atoms with van der Waals surface area (Å²) in [5.41, 5.74) is 6.05. The second kappa shape index (κ2) is 6.73. The van der Waals surface area contributed by atoms with Gasteiger partial charge in [-0.1, -0.05) is 18.2 Å². The predicted molar refractivity (Wildman–Crippen MR) is 94.6 cm³/mol. The first-order chi connectivity index (χ1) is 11.4. The van der Waals surface area contributed by atoms with Gasteiger partial charge in [-0.05, 0) is 56.0 Å². The standard InChI is InChI=1S/C19H22FNO2S/c1-18(7-5-15(20)6-8-18)24-16-4-2-3-14(13-16)19(17(21)22)9-11-23-12-10-19/h2-7,13H,8-12H2,1H3,(H2,21,22). The van der Waals surface area contributed by atoms with Gasteiger partial charge in [-0.15, -0.1) is 11.8 Å². The molecule has 1 unspecified atom stereocenters. The molecule has 1 amide bonds.